The second kappa shape index (κ2) is 8.40. The third kappa shape index (κ3) is 4.47. The maximum atomic E-state index is 12.4. The lowest BCUT2D eigenvalue weighted by atomic mass is 10.1. The quantitative estimate of drug-likeness (QED) is 0.698. The summed E-state index contributed by atoms with van der Waals surface area (Å²) in [5.41, 5.74) is 2.00. The summed E-state index contributed by atoms with van der Waals surface area (Å²) in [6.07, 6.45) is 3.06. The van der Waals surface area contributed by atoms with Gasteiger partial charge in [0, 0.05) is 18.9 Å². The Hall–Kier alpha value is -3.28. The molecule has 0 saturated carbocycles. The van der Waals surface area contributed by atoms with E-state index in [-0.39, 0.29) is 5.91 Å². The van der Waals surface area contributed by atoms with Gasteiger partial charge in [-0.15, -0.1) is 0 Å². The molecule has 1 heterocycles. The Balaban J connectivity index is 1.63. The molecule has 1 amide bonds. The summed E-state index contributed by atoms with van der Waals surface area (Å²) in [5.74, 6) is 2.08. The normalized spacial score (nSPS) is 11.7. The molecular formula is C21H23N3O3. The van der Waals surface area contributed by atoms with Crippen molar-refractivity contribution in [2.24, 2.45) is 0 Å². The van der Waals surface area contributed by atoms with Crippen molar-refractivity contribution in [1.29, 1.82) is 0 Å². The molecule has 6 heteroatoms. The minimum atomic E-state index is -0.611. The van der Waals surface area contributed by atoms with E-state index in [1.54, 1.807) is 44.5 Å². The fourth-order valence-corrected chi connectivity index (χ4v) is 2.77. The van der Waals surface area contributed by atoms with Crippen LogP contribution in [0.2, 0.25) is 0 Å². The monoisotopic (exact) mass is 365 g/mol. The molecule has 0 aliphatic carbocycles. The van der Waals surface area contributed by atoms with Crippen LogP contribution in [0.3, 0.4) is 0 Å². The first-order chi connectivity index (χ1) is 13.1. The van der Waals surface area contributed by atoms with Gasteiger partial charge in [0.2, 0.25) is 0 Å². The standard InChI is InChI=1S/C21H23N3O3/c1-15(27-19-10-8-18(26-3)9-11-19)21(25)23-14-17-6-4-5-7-20(17)24-13-12-22-16(24)2/h4-13,15H,14H2,1-3H3,(H,23,25)/t15-/m1/s1. The highest BCUT2D eigenvalue weighted by molar-refractivity contribution is 5.80. The number of nitrogens with zero attached hydrogens (tertiary/aromatic N) is 2. The molecule has 3 aromatic rings. The van der Waals surface area contributed by atoms with E-state index in [4.69, 9.17) is 9.47 Å². The molecule has 6 nitrogen and oxygen atoms in total. The molecule has 1 N–H and O–H groups in total. The number of aromatic nitrogens is 2. The molecule has 27 heavy (non-hydrogen) atoms. The summed E-state index contributed by atoms with van der Waals surface area (Å²) in [6, 6.07) is 15.1. The molecule has 0 aliphatic rings. The summed E-state index contributed by atoms with van der Waals surface area (Å²) in [6.45, 7) is 4.08. The number of methoxy groups -OCH3 is 1. The highest BCUT2D eigenvalue weighted by Gasteiger charge is 2.15. The molecule has 0 unspecified atom stereocenters. The predicted octanol–water partition coefficient (Wildman–Crippen LogP) is 3.27. The zero-order valence-electron chi connectivity index (χ0n) is 15.7. The third-order valence-electron chi connectivity index (χ3n) is 4.27. The number of para-hydroxylation sites is 1. The lowest BCUT2D eigenvalue weighted by Gasteiger charge is -2.16. The first-order valence-electron chi connectivity index (χ1n) is 8.75. The minimum Gasteiger partial charge on any atom is -0.497 e. The minimum absolute atomic E-state index is 0.178. The topological polar surface area (TPSA) is 65.4 Å². The molecule has 1 aromatic heterocycles. The molecule has 0 saturated heterocycles. The zero-order chi connectivity index (χ0) is 19.2. The van der Waals surface area contributed by atoms with Crippen molar-refractivity contribution in [3.8, 4) is 17.2 Å². The van der Waals surface area contributed by atoms with Crippen molar-refractivity contribution in [3.05, 3.63) is 72.3 Å². The van der Waals surface area contributed by atoms with Crippen molar-refractivity contribution in [3.63, 3.8) is 0 Å². The average Bonchev–Trinajstić information content (AvgIpc) is 3.12. The Labute approximate surface area is 158 Å². The van der Waals surface area contributed by atoms with Crippen LogP contribution in [0.1, 0.15) is 18.3 Å². The van der Waals surface area contributed by atoms with E-state index < -0.39 is 6.10 Å². The Morgan fingerprint density at radius 2 is 1.85 bits per heavy atom. The van der Waals surface area contributed by atoms with Gasteiger partial charge < -0.3 is 19.4 Å². The number of imidazole rings is 1. The summed E-state index contributed by atoms with van der Waals surface area (Å²) in [5, 5.41) is 2.94. The van der Waals surface area contributed by atoms with Crippen LogP contribution in [0.25, 0.3) is 5.69 Å². The number of carbonyl (C=O) groups excluding carboxylic acids is 1. The van der Waals surface area contributed by atoms with E-state index >= 15 is 0 Å². The summed E-state index contributed by atoms with van der Waals surface area (Å²) in [7, 11) is 1.61. The summed E-state index contributed by atoms with van der Waals surface area (Å²) in [4.78, 5) is 16.7. The van der Waals surface area contributed by atoms with Crippen molar-refractivity contribution in [1.82, 2.24) is 14.9 Å². The van der Waals surface area contributed by atoms with Gasteiger partial charge in [-0.1, -0.05) is 18.2 Å². The summed E-state index contributed by atoms with van der Waals surface area (Å²) < 4.78 is 12.8. The highest BCUT2D eigenvalue weighted by atomic mass is 16.5. The number of nitrogens with one attached hydrogen (secondary N) is 1. The first kappa shape index (κ1) is 18.5. The van der Waals surface area contributed by atoms with Crippen LogP contribution in [0.15, 0.2) is 60.9 Å². The smallest absolute Gasteiger partial charge is 0.261 e. The van der Waals surface area contributed by atoms with Crippen LogP contribution in [0, 0.1) is 6.92 Å². The first-order valence-corrected chi connectivity index (χ1v) is 8.75. The molecule has 0 bridgehead atoms. The van der Waals surface area contributed by atoms with E-state index in [1.807, 2.05) is 42.0 Å². The molecule has 140 valence electrons. The van der Waals surface area contributed by atoms with Crippen LogP contribution in [-0.2, 0) is 11.3 Å². The Bertz CT molecular complexity index is 903. The van der Waals surface area contributed by atoms with Gasteiger partial charge in [-0.3, -0.25) is 4.79 Å². The van der Waals surface area contributed by atoms with Gasteiger partial charge in [-0.05, 0) is 49.7 Å². The number of amides is 1. The van der Waals surface area contributed by atoms with Crippen LogP contribution in [0.4, 0.5) is 0 Å². The molecule has 2 aromatic carbocycles. The Morgan fingerprint density at radius 1 is 1.15 bits per heavy atom. The number of hydrogen-bond donors (Lipinski definition) is 1. The molecule has 0 spiro atoms. The van der Waals surface area contributed by atoms with Crippen molar-refractivity contribution < 1.29 is 14.3 Å². The Kier molecular flexibility index (Phi) is 5.76. The predicted molar refractivity (Wildman–Crippen MR) is 103 cm³/mol. The third-order valence-corrected chi connectivity index (χ3v) is 4.27. The van der Waals surface area contributed by atoms with Gasteiger partial charge in [-0.2, -0.15) is 0 Å². The average molecular weight is 365 g/mol. The lowest BCUT2D eigenvalue weighted by molar-refractivity contribution is -0.127. The molecular weight excluding hydrogens is 342 g/mol. The number of benzene rings is 2. The van der Waals surface area contributed by atoms with E-state index in [0.29, 0.717) is 12.3 Å². The fourth-order valence-electron chi connectivity index (χ4n) is 2.77. The highest BCUT2D eigenvalue weighted by Crippen LogP contribution is 2.19. The molecule has 0 fully saturated rings. The lowest BCUT2D eigenvalue weighted by Crippen LogP contribution is -2.36. The molecule has 0 radical (unpaired) electrons. The van der Waals surface area contributed by atoms with Crippen LogP contribution < -0.4 is 14.8 Å². The number of rotatable bonds is 7. The fraction of sp³-hybridized carbons (Fsp3) is 0.238. The van der Waals surface area contributed by atoms with Gasteiger partial charge in [0.05, 0.1) is 12.8 Å². The summed E-state index contributed by atoms with van der Waals surface area (Å²) >= 11 is 0. The van der Waals surface area contributed by atoms with Crippen molar-refractivity contribution in [2.45, 2.75) is 26.5 Å². The second-order valence-electron chi connectivity index (χ2n) is 6.13. The molecule has 0 aliphatic heterocycles. The Morgan fingerprint density at radius 3 is 2.52 bits per heavy atom. The molecule has 1 atom stereocenters. The van der Waals surface area contributed by atoms with Gasteiger partial charge in [0.1, 0.15) is 17.3 Å². The van der Waals surface area contributed by atoms with Crippen molar-refractivity contribution >= 4 is 5.91 Å². The SMILES string of the molecule is COc1ccc(O[C@H](C)C(=O)NCc2ccccc2-n2ccnc2C)cc1. The zero-order valence-corrected chi connectivity index (χ0v) is 15.7. The van der Waals surface area contributed by atoms with Crippen LogP contribution in [-0.4, -0.2) is 28.7 Å². The van der Waals surface area contributed by atoms with E-state index in [0.717, 1.165) is 22.8 Å². The van der Waals surface area contributed by atoms with E-state index in [9.17, 15) is 4.79 Å². The van der Waals surface area contributed by atoms with Crippen LogP contribution in [0.5, 0.6) is 11.5 Å². The van der Waals surface area contributed by atoms with Crippen molar-refractivity contribution in [2.75, 3.05) is 7.11 Å². The maximum absolute atomic E-state index is 12.4. The van der Waals surface area contributed by atoms with E-state index in [1.165, 1.54) is 0 Å². The van der Waals surface area contributed by atoms with Gasteiger partial charge in [-0.25, -0.2) is 4.98 Å². The van der Waals surface area contributed by atoms with Gasteiger partial charge in [0.25, 0.3) is 5.91 Å². The number of carbonyl (C=O) groups is 1. The number of hydrogen-bond acceptors (Lipinski definition) is 4. The van der Waals surface area contributed by atoms with Gasteiger partial charge >= 0.3 is 0 Å². The number of ether oxygens (including phenoxy) is 2. The molecule has 3 rings (SSSR count). The van der Waals surface area contributed by atoms with E-state index in [2.05, 4.69) is 10.3 Å². The number of aryl methyl sites for hydroxylation is 1. The largest absolute Gasteiger partial charge is 0.497 e. The maximum Gasteiger partial charge on any atom is 0.261 e. The van der Waals surface area contributed by atoms with Crippen LogP contribution >= 0.6 is 0 Å². The second-order valence-corrected chi connectivity index (χ2v) is 6.13. The van der Waals surface area contributed by atoms with Gasteiger partial charge in [0.15, 0.2) is 6.10 Å².